The fraction of sp³-hybridized carbons (Fsp3) is 0.500. The van der Waals surface area contributed by atoms with Gasteiger partial charge in [-0.1, -0.05) is 18.5 Å². The summed E-state index contributed by atoms with van der Waals surface area (Å²) in [6, 6.07) is 0.178. The average molecular weight is 256 g/mol. The number of nitrogens with one attached hydrogen (secondary N) is 1. The Balaban J connectivity index is 2.74. The van der Waals surface area contributed by atoms with E-state index in [0.717, 1.165) is 17.7 Å². The number of hydrogen-bond acceptors (Lipinski definition) is 2. The first-order chi connectivity index (χ1) is 7.95. The topological polar surface area (TPSA) is 46.9 Å². The Morgan fingerprint density at radius 3 is 2.76 bits per heavy atom. The third-order valence-corrected chi connectivity index (χ3v) is 3.05. The van der Waals surface area contributed by atoms with Crippen molar-refractivity contribution in [2.45, 2.75) is 33.2 Å². The van der Waals surface area contributed by atoms with Gasteiger partial charge in [-0.2, -0.15) is 5.10 Å². The number of rotatable bonds is 4. The summed E-state index contributed by atoms with van der Waals surface area (Å²) in [4.78, 5) is 11.5. The van der Waals surface area contributed by atoms with Crippen LogP contribution in [0.3, 0.4) is 0 Å². The molecule has 1 unspecified atom stereocenters. The van der Waals surface area contributed by atoms with Gasteiger partial charge in [0.15, 0.2) is 0 Å². The number of aryl methyl sites for hydroxylation is 2. The summed E-state index contributed by atoms with van der Waals surface area (Å²) in [5, 5.41) is 7.55. The summed E-state index contributed by atoms with van der Waals surface area (Å²) in [5.74, 6) is -0.112. The lowest BCUT2D eigenvalue weighted by atomic mass is 10.2. The Morgan fingerprint density at radius 1 is 1.65 bits per heavy atom. The Labute approximate surface area is 107 Å². The van der Waals surface area contributed by atoms with Crippen molar-refractivity contribution in [3.63, 3.8) is 0 Å². The zero-order valence-corrected chi connectivity index (χ0v) is 11.4. The Hall–Kier alpha value is -1.29. The molecular formula is C12H18ClN3O. The molecule has 5 heteroatoms. The first-order valence-corrected chi connectivity index (χ1v) is 6.01. The molecule has 0 fully saturated rings. The molecule has 4 nitrogen and oxygen atoms in total. The van der Waals surface area contributed by atoms with E-state index in [2.05, 4.69) is 10.4 Å². The summed E-state index contributed by atoms with van der Waals surface area (Å²) in [5.41, 5.74) is 1.60. The number of carbonyl (C=O) groups excluding carboxylic acids is 1. The molecule has 1 heterocycles. The number of amides is 1. The summed E-state index contributed by atoms with van der Waals surface area (Å²) in [6.07, 6.45) is 4.09. The van der Waals surface area contributed by atoms with E-state index in [1.807, 2.05) is 20.8 Å². The van der Waals surface area contributed by atoms with Crippen LogP contribution in [0.25, 0.3) is 6.08 Å². The van der Waals surface area contributed by atoms with Crippen molar-refractivity contribution in [3.05, 3.63) is 22.5 Å². The molecule has 0 aliphatic rings. The van der Waals surface area contributed by atoms with Gasteiger partial charge in [-0.05, 0) is 26.3 Å². The van der Waals surface area contributed by atoms with Gasteiger partial charge in [0.25, 0.3) is 0 Å². The van der Waals surface area contributed by atoms with Gasteiger partial charge < -0.3 is 5.32 Å². The predicted molar refractivity (Wildman–Crippen MR) is 69.9 cm³/mol. The minimum atomic E-state index is -0.112. The SMILES string of the molecule is CCC(C)NC(=O)/C=C/c1c(C)nn(C)c1Cl. The predicted octanol–water partition coefficient (Wildman–Crippen LogP) is 2.31. The van der Waals surface area contributed by atoms with Crippen LogP contribution in [0.5, 0.6) is 0 Å². The number of hydrogen-bond donors (Lipinski definition) is 1. The molecule has 1 aromatic heterocycles. The van der Waals surface area contributed by atoms with Crippen LogP contribution in [0.2, 0.25) is 5.15 Å². The lowest BCUT2D eigenvalue weighted by Gasteiger charge is -2.08. The normalized spacial score (nSPS) is 13.0. The Bertz CT molecular complexity index is 437. The quantitative estimate of drug-likeness (QED) is 0.840. The Kier molecular flexibility index (Phi) is 4.75. The van der Waals surface area contributed by atoms with Crippen molar-refractivity contribution < 1.29 is 4.79 Å². The van der Waals surface area contributed by atoms with Crippen LogP contribution < -0.4 is 5.32 Å². The molecule has 0 aromatic carbocycles. The lowest BCUT2D eigenvalue weighted by molar-refractivity contribution is -0.117. The number of nitrogens with zero attached hydrogens (tertiary/aromatic N) is 2. The van der Waals surface area contributed by atoms with Gasteiger partial charge in [0.1, 0.15) is 5.15 Å². The van der Waals surface area contributed by atoms with Crippen LogP contribution in [0, 0.1) is 6.92 Å². The van der Waals surface area contributed by atoms with Crippen molar-refractivity contribution in [3.8, 4) is 0 Å². The number of halogens is 1. The van der Waals surface area contributed by atoms with Crippen LogP contribution >= 0.6 is 11.6 Å². The number of aromatic nitrogens is 2. The minimum Gasteiger partial charge on any atom is -0.350 e. The van der Waals surface area contributed by atoms with Crippen LogP contribution in [0.15, 0.2) is 6.08 Å². The van der Waals surface area contributed by atoms with E-state index in [1.54, 1.807) is 17.8 Å². The maximum Gasteiger partial charge on any atom is 0.244 e. The van der Waals surface area contributed by atoms with Crippen molar-refractivity contribution in [1.29, 1.82) is 0 Å². The van der Waals surface area contributed by atoms with Crippen LogP contribution in [0.1, 0.15) is 31.5 Å². The van der Waals surface area contributed by atoms with E-state index in [9.17, 15) is 4.79 Å². The third-order valence-electron chi connectivity index (χ3n) is 2.60. The molecule has 1 amide bonds. The highest BCUT2D eigenvalue weighted by Crippen LogP contribution is 2.19. The molecule has 1 N–H and O–H groups in total. The maximum atomic E-state index is 11.5. The zero-order chi connectivity index (χ0) is 13.0. The monoisotopic (exact) mass is 255 g/mol. The molecule has 0 spiro atoms. The van der Waals surface area contributed by atoms with Crippen LogP contribution in [0.4, 0.5) is 0 Å². The van der Waals surface area contributed by atoms with Crippen LogP contribution in [-0.2, 0) is 11.8 Å². The van der Waals surface area contributed by atoms with E-state index >= 15 is 0 Å². The molecule has 0 radical (unpaired) electrons. The van der Waals surface area contributed by atoms with Gasteiger partial charge in [-0.15, -0.1) is 0 Å². The van der Waals surface area contributed by atoms with Gasteiger partial charge in [0.2, 0.25) is 5.91 Å². The zero-order valence-electron chi connectivity index (χ0n) is 10.6. The highest BCUT2D eigenvalue weighted by molar-refractivity contribution is 6.31. The van der Waals surface area contributed by atoms with Crippen LogP contribution in [-0.4, -0.2) is 21.7 Å². The van der Waals surface area contributed by atoms with Gasteiger partial charge >= 0.3 is 0 Å². The molecule has 94 valence electrons. The molecule has 1 rings (SSSR count). The third kappa shape index (κ3) is 3.60. The molecule has 1 atom stereocenters. The highest BCUT2D eigenvalue weighted by atomic mass is 35.5. The lowest BCUT2D eigenvalue weighted by Crippen LogP contribution is -2.30. The molecular weight excluding hydrogens is 238 g/mol. The second-order valence-electron chi connectivity index (χ2n) is 4.06. The van der Waals surface area contributed by atoms with Crippen molar-refractivity contribution in [2.24, 2.45) is 7.05 Å². The fourth-order valence-corrected chi connectivity index (χ4v) is 1.63. The van der Waals surface area contributed by atoms with Crippen molar-refractivity contribution >= 4 is 23.6 Å². The fourth-order valence-electron chi connectivity index (χ4n) is 1.39. The molecule has 0 aliphatic heterocycles. The Morgan fingerprint density at radius 2 is 2.29 bits per heavy atom. The summed E-state index contributed by atoms with van der Waals surface area (Å²) in [6.45, 7) is 5.85. The van der Waals surface area contributed by atoms with Crippen molar-refractivity contribution in [2.75, 3.05) is 0 Å². The smallest absolute Gasteiger partial charge is 0.244 e. The molecule has 0 aliphatic carbocycles. The summed E-state index contributed by atoms with van der Waals surface area (Å²) in [7, 11) is 1.77. The van der Waals surface area contributed by atoms with E-state index in [0.29, 0.717) is 5.15 Å². The van der Waals surface area contributed by atoms with E-state index < -0.39 is 0 Å². The van der Waals surface area contributed by atoms with E-state index in [-0.39, 0.29) is 11.9 Å². The molecule has 0 saturated carbocycles. The standard InChI is InChI=1S/C12H18ClN3O/c1-5-8(2)14-11(17)7-6-10-9(3)15-16(4)12(10)13/h6-8H,5H2,1-4H3,(H,14,17)/b7-6+. The van der Waals surface area contributed by atoms with E-state index in [1.165, 1.54) is 6.08 Å². The molecule has 0 saturated heterocycles. The second kappa shape index (κ2) is 5.87. The molecule has 0 bridgehead atoms. The van der Waals surface area contributed by atoms with Gasteiger partial charge in [-0.3, -0.25) is 9.48 Å². The summed E-state index contributed by atoms with van der Waals surface area (Å²) >= 11 is 6.05. The van der Waals surface area contributed by atoms with Gasteiger partial charge in [-0.25, -0.2) is 0 Å². The average Bonchev–Trinajstić information content (AvgIpc) is 2.51. The van der Waals surface area contributed by atoms with E-state index in [4.69, 9.17) is 11.6 Å². The maximum absolute atomic E-state index is 11.5. The number of carbonyl (C=O) groups is 1. The molecule has 17 heavy (non-hydrogen) atoms. The van der Waals surface area contributed by atoms with Crippen molar-refractivity contribution in [1.82, 2.24) is 15.1 Å². The second-order valence-corrected chi connectivity index (χ2v) is 4.42. The largest absolute Gasteiger partial charge is 0.350 e. The highest BCUT2D eigenvalue weighted by Gasteiger charge is 2.08. The first kappa shape index (κ1) is 13.8. The molecule has 1 aromatic rings. The minimum absolute atomic E-state index is 0.112. The summed E-state index contributed by atoms with van der Waals surface area (Å²) < 4.78 is 1.59. The van der Waals surface area contributed by atoms with Gasteiger partial charge in [0, 0.05) is 24.7 Å². The van der Waals surface area contributed by atoms with Gasteiger partial charge in [0.05, 0.1) is 5.69 Å². The first-order valence-electron chi connectivity index (χ1n) is 5.63.